The second-order valence-electron chi connectivity index (χ2n) is 5.20. The molecule has 1 amide bonds. The zero-order valence-corrected chi connectivity index (χ0v) is 14.0. The van der Waals surface area contributed by atoms with Crippen LogP contribution in [0.3, 0.4) is 0 Å². The van der Waals surface area contributed by atoms with Gasteiger partial charge in [-0.1, -0.05) is 35.9 Å². The lowest BCUT2D eigenvalue weighted by atomic mass is 9.98. The van der Waals surface area contributed by atoms with E-state index in [4.69, 9.17) is 21.4 Å². The van der Waals surface area contributed by atoms with Crippen molar-refractivity contribution in [1.82, 2.24) is 10.3 Å². The molecule has 1 aromatic carbocycles. The van der Waals surface area contributed by atoms with Crippen LogP contribution in [0.25, 0.3) is 0 Å². The van der Waals surface area contributed by atoms with E-state index in [2.05, 4.69) is 10.3 Å². The number of hydrogen-bond donors (Lipinski definition) is 2. The van der Waals surface area contributed by atoms with E-state index in [1.54, 1.807) is 12.1 Å². The number of benzene rings is 1. The average Bonchev–Trinajstić information content (AvgIpc) is 2.53. The molecular formula is C17H17ClN2O4. The summed E-state index contributed by atoms with van der Waals surface area (Å²) in [5, 5.41) is 12.0. The number of ether oxygens (including phenoxy) is 1. The minimum atomic E-state index is -1.01. The molecule has 2 aromatic rings. The maximum atomic E-state index is 12.5. The van der Waals surface area contributed by atoms with Crippen LogP contribution >= 0.6 is 11.6 Å². The Hall–Kier alpha value is -2.60. The lowest BCUT2D eigenvalue weighted by Gasteiger charge is -2.19. The highest BCUT2D eigenvalue weighted by Crippen LogP contribution is 2.22. The van der Waals surface area contributed by atoms with Gasteiger partial charge in [-0.25, -0.2) is 4.98 Å². The molecule has 2 N–H and O–H groups in total. The Morgan fingerprint density at radius 2 is 2.04 bits per heavy atom. The number of rotatable bonds is 6. The molecule has 126 valence electrons. The normalized spacial score (nSPS) is 11.6. The number of carbonyl (C=O) groups excluding carboxylic acids is 1. The van der Waals surface area contributed by atoms with E-state index in [9.17, 15) is 9.59 Å². The van der Waals surface area contributed by atoms with Crippen LogP contribution in [0.1, 0.15) is 33.9 Å². The maximum absolute atomic E-state index is 12.5. The first-order valence-corrected chi connectivity index (χ1v) is 7.58. The molecule has 1 aromatic heterocycles. The molecule has 2 rings (SSSR count). The molecule has 24 heavy (non-hydrogen) atoms. The Kier molecular flexibility index (Phi) is 5.76. The standard InChI is InChI=1S/C17H17ClN2O4/c1-10-5-3-4-6-12(10)13(9-16(21)22)19-17(23)11-7-14(18)20-15(8-11)24-2/h3-8,13H,9H2,1-2H3,(H,19,23)(H,21,22). The molecule has 0 bridgehead atoms. The van der Waals surface area contributed by atoms with Gasteiger partial charge in [0.2, 0.25) is 5.88 Å². The molecule has 0 saturated heterocycles. The SMILES string of the molecule is COc1cc(C(=O)NC(CC(=O)O)c2ccccc2C)cc(Cl)n1. The van der Waals surface area contributed by atoms with Crippen LogP contribution in [0.5, 0.6) is 5.88 Å². The molecule has 6 nitrogen and oxygen atoms in total. The second-order valence-corrected chi connectivity index (χ2v) is 5.59. The highest BCUT2D eigenvalue weighted by Gasteiger charge is 2.21. The van der Waals surface area contributed by atoms with Crippen molar-refractivity contribution in [2.24, 2.45) is 0 Å². The number of carboxylic acids is 1. The largest absolute Gasteiger partial charge is 0.481 e. The molecule has 0 spiro atoms. The van der Waals surface area contributed by atoms with Crippen LogP contribution < -0.4 is 10.1 Å². The van der Waals surface area contributed by atoms with E-state index in [0.29, 0.717) is 0 Å². The lowest BCUT2D eigenvalue weighted by Crippen LogP contribution is -2.30. The first kappa shape index (κ1) is 17.7. The van der Waals surface area contributed by atoms with Gasteiger partial charge in [-0.2, -0.15) is 0 Å². The number of carboxylic acid groups (broad SMARTS) is 1. The fourth-order valence-corrected chi connectivity index (χ4v) is 2.54. The number of aliphatic carboxylic acids is 1. The zero-order chi connectivity index (χ0) is 17.7. The highest BCUT2D eigenvalue weighted by atomic mass is 35.5. The van der Waals surface area contributed by atoms with E-state index in [1.807, 2.05) is 19.1 Å². The van der Waals surface area contributed by atoms with Crippen LogP contribution in [-0.2, 0) is 4.79 Å². The van der Waals surface area contributed by atoms with Crippen LogP contribution in [0.4, 0.5) is 0 Å². The molecule has 0 aliphatic rings. The monoisotopic (exact) mass is 348 g/mol. The molecule has 1 atom stereocenters. The fraction of sp³-hybridized carbons (Fsp3) is 0.235. The number of nitrogens with one attached hydrogen (secondary N) is 1. The van der Waals surface area contributed by atoms with E-state index in [-0.39, 0.29) is 23.0 Å². The van der Waals surface area contributed by atoms with Gasteiger partial charge in [-0.3, -0.25) is 9.59 Å². The van der Waals surface area contributed by atoms with Crippen molar-refractivity contribution in [1.29, 1.82) is 0 Å². The number of amides is 1. The average molecular weight is 349 g/mol. The first-order valence-electron chi connectivity index (χ1n) is 7.20. The number of carbonyl (C=O) groups is 2. The van der Waals surface area contributed by atoms with Gasteiger partial charge in [0.05, 0.1) is 19.6 Å². The number of nitrogens with zero attached hydrogens (tertiary/aromatic N) is 1. The van der Waals surface area contributed by atoms with Gasteiger partial charge < -0.3 is 15.2 Å². The van der Waals surface area contributed by atoms with Crippen LogP contribution in [0.2, 0.25) is 5.15 Å². The Labute approximate surface area is 144 Å². The van der Waals surface area contributed by atoms with E-state index in [0.717, 1.165) is 11.1 Å². The van der Waals surface area contributed by atoms with Gasteiger partial charge in [0.15, 0.2) is 0 Å². The third-order valence-electron chi connectivity index (χ3n) is 3.49. The summed E-state index contributed by atoms with van der Waals surface area (Å²) in [6.07, 6.45) is -0.230. The minimum Gasteiger partial charge on any atom is -0.481 e. The van der Waals surface area contributed by atoms with Gasteiger partial charge in [-0.15, -0.1) is 0 Å². The van der Waals surface area contributed by atoms with Crippen molar-refractivity contribution in [3.63, 3.8) is 0 Å². The zero-order valence-electron chi connectivity index (χ0n) is 13.2. The van der Waals surface area contributed by atoms with Gasteiger partial charge >= 0.3 is 5.97 Å². The smallest absolute Gasteiger partial charge is 0.305 e. The number of methoxy groups -OCH3 is 1. The van der Waals surface area contributed by atoms with Crippen molar-refractivity contribution in [3.05, 3.63) is 58.2 Å². The summed E-state index contributed by atoms with van der Waals surface area (Å²) in [4.78, 5) is 27.6. The summed E-state index contributed by atoms with van der Waals surface area (Å²) >= 11 is 5.87. The van der Waals surface area contributed by atoms with E-state index in [1.165, 1.54) is 19.2 Å². The summed E-state index contributed by atoms with van der Waals surface area (Å²) in [6.45, 7) is 1.86. The van der Waals surface area contributed by atoms with E-state index < -0.39 is 17.9 Å². The fourth-order valence-electron chi connectivity index (χ4n) is 2.34. The Bertz CT molecular complexity index is 764. The molecule has 1 heterocycles. The van der Waals surface area contributed by atoms with Crippen molar-refractivity contribution < 1.29 is 19.4 Å². The summed E-state index contributed by atoms with van der Waals surface area (Å²) in [5.74, 6) is -1.25. The van der Waals surface area contributed by atoms with Gasteiger partial charge in [0.25, 0.3) is 5.91 Å². The summed E-state index contributed by atoms with van der Waals surface area (Å²) in [7, 11) is 1.42. The first-order chi connectivity index (χ1) is 11.4. The van der Waals surface area contributed by atoms with Crippen molar-refractivity contribution in [2.45, 2.75) is 19.4 Å². The number of aryl methyl sites for hydroxylation is 1. The molecule has 1 unspecified atom stereocenters. The third-order valence-corrected chi connectivity index (χ3v) is 3.68. The molecule has 0 radical (unpaired) electrons. The van der Waals surface area contributed by atoms with Crippen LogP contribution in [0, 0.1) is 6.92 Å². The molecule has 7 heteroatoms. The molecule has 0 aliphatic carbocycles. The predicted molar refractivity (Wildman–Crippen MR) is 89.4 cm³/mol. The number of halogens is 1. The Balaban J connectivity index is 2.29. The van der Waals surface area contributed by atoms with Gasteiger partial charge in [0.1, 0.15) is 5.15 Å². The quantitative estimate of drug-likeness (QED) is 0.783. The van der Waals surface area contributed by atoms with Crippen LogP contribution in [-0.4, -0.2) is 29.1 Å². The molecule has 0 fully saturated rings. The van der Waals surface area contributed by atoms with Crippen LogP contribution in [0.15, 0.2) is 36.4 Å². The molecule has 0 saturated carbocycles. The van der Waals surface area contributed by atoms with E-state index >= 15 is 0 Å². The minimum absolute atomic E-state index is 0.116. The number of hydrogen-bond acceptors (Lipinski definition) is 4. The molecule has 0 aliphatic heterocycles. The summed E-state index contributed by atoms with van der Waals surface area (Å²) < 4.78 is 4.99. The Morgan fingerprint density at radius 3 is 2.67 bits per heavy atom. The lowest BCUT2D eigenvalue weighted by molar-refractivity contribution is -0.137. The van der Waals surface area contributed by atoms with Crippen molar-refractivity contribution in [3.8, 4) is 5.88 Å². The topological polar surface area (TPSA) is 88.5 Å². The Morgan fingerprint density at radius 1 is 1.33 bits per heavy atom. The van der Waals surface area contributed by atoms with Gasteiger partial charge in [0, 0.05) is 11.6 Å². The number of pyridine rings is 1. The predicted octanol–water partition coefficient (Wildman–Crippen LogP) is 3.00. The molecular weight excluding hydrogens is 332 g/mol. The van der Waals surface area contributed by atoms with Crippen molar-refractivity contribution in [2.75, 3.05) is 7.11 Å². The highest BCUT2D eigenvalue weighted by molar-refractivity contribution is 6.29. The van der Waals surface area contributed by atoms with Crippen molar-refractivity contribution >= 4 is 23.5 Å². The maximum Gasteiger partial charge on any atom is 0.305 e. The third kappa shape index (κ3) is 4.45. The summed E-state index contributed by atoms with van der Waals surface area (Å²) in [5.41, 5.74) is 1.89. The van der Waals surface area contributed by atoms with Gasteiger partial charge in [-0.05, 0) is 24.1 Å². The summed E-state index contributed by atoms with van der Waals surface area (Å²) in [6, 6.07) is 9.49. The second kappa shape index (κ2) is 7.79. The number of aromatic nitrogens is 1.